The highest BCUT2D eigenvalue weighted by Crippen LogP contribution is 2.30. The summed E-state index contributed by atoms with van der Waals surface area (Å²) >= 11 is 0. The van der Waals surface area contributed by atoms with Gasteiger partial charge in [-0.15, -0.1) is 0 Å². The summed E-state index contributed by atoms with van der Waals surface area (Å²) in [7, 11) is 0. The lowest BCUT2D eigenvalue weighted by Crippen LogP contribution is -2.50. The van der Waals surface area contributed by atoms with Gasteiger partial charge in [-0.05, 0) is 32.6 Å². The van der Waals surface area contributed by atoms with Crippen molar-refractivity contribution in [2.24, 2.45) is 5.92 Å². The normalized spacial score (nSPS) is 14.3. The molecule has 0 atom stereocenters. The van der Waals surface area contributed by atoms with Crippen LogP contribution in [-0.2, 0) is 9.59 Å². The van der Waals surface area contributed by atoms with Crippen molar-refractivity contribution in [2.45, 2.75) is 32.7 Å². The molecule has 2 N–H and O–H groups in total. The molecule has 1 aliphatic carbocycles. The first-order valence-corrected chi connectivity index (χ1v) is 6.30. The number of hydrogen-bond donors (Lipinski definition) is 2. The van der Waals surface area contributed by atoms with Crippen molar-refractivity contribution >= 4 is 18.0 Å². The lowest BCUT2D eigenvalue weighted by atomic mass is 10.3. The van der Waals surface area contributed by atoms with Gasteiger partial charge in [0.2, 0.25) is 0 Å². The quantitative estimate of drug-likeness (QED) is 0.710. The Labute approximate surface area is 111 Å². The second-order valence-corrected chi connectivity index (χ2v) is 5.12. The molecule has 0 saturated heterocycles. The third kappa shape index (κ3) is 5.15. The molecule has 1 saturated carbocycles. The molecule has 0 aliphatic heterocycles. The molecule has 0 bridgehead atoms. The fourth-order valence-corrected chi connectivity index (χ4v) is 1.79. The van der Waals surface area contributed by atoms with E-state index in [1.54, 1.807) is 4.90 Å². The highest BCUT2D eigenvalue weighted by atomic mass is 16.4. The Morgan fingerprint density at radius 3 is 1.89 bits per heavy atom. The molecule has 0 unspecified atom stereocenters. The maximum atomic E-state index is 12.2. The Hall–Kier alpha value is -1.79. The van der Waals surface area contributed by atoms with E-state index >= 15 is 0 Å². The van der Waals surface area contributed by atoms with E-state index in [1.807, 2.05) is 13.8 Å². The van der Waals surface area contributed by atoms with Gasteiger partial charge in [0.15, 0.2) is 0 Å². The largest absolute Gasteiger partial charge is 0.480 e. The van der Waals surface area contributed by atoms with E-state index in [0.717, 1.165) is 17.7 Å². The summed E-state index contributed by atoms with van der Waals surface area (Å²) < 4.78 is 0. The van der Waals surface area contributed by atoms with Crippen molar-refractivity contribution < 1.29 is 24.6 Å². The number of carboxylic acid groups (broad SMARTS) is 2. The van der Waals surface area contributed by atoms with Crippen molar-refractivity contribution in [1.29, 1.82) is 0 Å². The van der Waals surface area contributed by atoms with E-state index in [-0.39, 0.29) is 6.04 Å². The minimum Gasteiger partial charge on any atom is -0.480 e. The smallest absolute Gasteiger partial charge is 0.323 e. The summed E-state index contributed by atoms with van der Waals surface area (Å²) in [5.74, 6) is -1.97. The summed E-state index contributed by atoms with van der Waals surface area (Å²) in [5, 5.41) is 17.5. The van der Waals surface area contributed by atoms with Crippen LogP contribution in [0.4, 0.5) is 4.79 Å². The van der Waals surface area contributed by atoms with Crippen molar-refractivity contribution in [3.8, 4) is 0 Å². The highest BCUT2D eigenvalue weighted by molar-refractivity contribution is 5.84. The Kier molecular flexibility index (Phi) is 5.14. The SMILES string of the molecule is CC(C)N(CC1CC1)C(=O)N(CC(=O)O)CC(=O)O. The van der Waals surface area contributed by atoms with E-state index in [2.05, 4.69) is 0 Å². The predicted octanol–water partition coefficient (Wildman–Crippen LogP) is 0.698. The number of carbonyl (C=O) groups excluding carboxylic acids is 1. The molecular formula is C12H20N2O5. The number of rotatable bonds is 7. The van der Waals surface area contributed by atoms with Gasteiger partial charge in [-0.2, -0.15) is 0 Å². The predicted molar refractivity (Wildman–Crippen MR) is 66.8 cm³/mol. The summed E-state index contributed by atoms with van der Waals surface area (Å²) in [6, 6.07) is -0.607. The maximum Gasteiger partial charge on any atom is 0.323 e. The number of carbonyl (C=O) groups is 3. The van der Waals surface area contributed by atoms with Crippen LogP contribution in [0, 0.1) is 5.92 Å². The van der Waals surface area contributed by atoms with Gasteiger partial charge in [0.05, 0.1) is 0 Å². The van der Waals surface area contributed by atoms with Crippen molar-refractivity contribution in [1.82, 2.24) is 9.80 Å². The topological polar surface area (TPSA) is 98.2 Å². The van der Waals surface area contributed by atoms with E-state index in [0.29, 0.717) is 12.5 Å². The van der Waals surface area contributed by atoms with Crippen LogP contribution in [-0.4, -0.2) is 63.7 Å². The first-order valence-electron chi connectivity index (χ1n) is 6.30. The van der Waals surface area contributed by atoms with E-state index in [4.69, 9.17) is 10.2 Å². The number of amides is 2. The van der Waals surface area contributed by atoms with Crippen molar-refractivity contribution in [3.63, 3.8) is 0 Å². The summed E-state index contributed by atoms with van der Waals surface area (Å²) in [4.78, 5) is 36.1. The first kappa shape index (κ1) is 15.3. The van der Waals surface area contributed by atoms with Gasteiger partial charge in [-0.25, -0.2) is 4.79 Å². The number of hydrogen-bond acceptors (Lipinski definition) is 3. The molecule has 7 heteroatoms. The third-order valence-electron chi connectivity index (χ3n) is 2.94. The molecule has 0 aromatic heterocycles. The van der Waals surface area contributed by atoms with E-state index in [1.165, 1.54) is 0 Å². The summed E-state index contributed by atoms with van der Waals surface area (Å²) in [6.07, 6.45) is 2.13. The molecule has 19 heavy (non-hydrogen) atoms. The van der Waals surface area contributed by atoms with Crippen LogP contribution in [0.25, 0.3) is 0 Å². The zero-order valence-corrected chi connectivity index (χ0v) is 11.2. The first-order chi connectivity index (χ1) is 8.81. The molecule has 0 aromatic carbocycles. The third-order valence-corrected chi connectivity index (χ3v) is 2.94. The zero-order valence-electron chi connectivity index (χ0n) is 11.2. The number of urea groups is 1. The lowest BCUT2D eigenvalue weighted by Gasteiger charge is -2.32. The Morgan fingerprint density at radius 2 is 1.58 bits per heavy atom. The van der Waals surface area contributed by atoms with Gasteiger partial charge < -0.3 is 20.0 Å². The van der Waals surface area contributed by atoms with Crippen LogP contribution < -0.4 is 0 Å². The number of carboxylic acids is 2. The van der Waals surface area contributed by atoms with Crippen LogP contribution in [0.15, 0.2) is 0 Å². The average Bonchev–Trinajstić information content (AvgIpc) is 3.06. The average molecular weight is 272 g/mol. The highest BCUT2D eigenvalue weighted by Gasteiger charge is 2.31. The standard InChI is InChI=1S/C12H20N2O5/c1-8(2)14(5-9-3-4-9)12(19)13(6-10(15)16)7-11(17)18/h8-9H,3-7H2,1-2H3,(H,15,16)(H,17,18). The van der Waals surface area contributed by atoms with Crippen molar-refractivity contribution in [2.75, 3.05) is 19.6 Å². The van der Waals surface area contributed by atoms with Gasteiger partial charge >= 0.3 is 18.0 Å². The minimum atomic E-state index is -1.22. The molecule has 2 amide bonds. The molecule has 1 aliphatic rings. The fraction of sp³-hybridized carbons (Fsp3) is 0.750. The molecule has 0 spiro atoms. The van der Waals surface area contributed by atoms with E-state index in [9.17, 15) is 14.4 Å². The molecule has 1 rings (SSSR count). The molecule has 1 fully saturated rings. The van der Waals surface area contributed by atoms with Crippen LogP contribution >= 0.6 is 0 Å². The molecule has 0 radical (unpaired) electrons. The lowest BCUT2D eigenvalue weighted by molar-refractivity contribution is -0.140. The molecule has 7 nitrogen and oxygen atoms in total. The van der Waals surface area contributed by atoms with Gasteiger partial charge in [0.1, 0.15) is 13.1 Å². The van der Waals surface area contributed by atoms with E-state index < -0.39 is 31.1 Å². The number of nitrogens with zero attached hydrogens (tertiary/aromatic N) is 2. The zero-order chi connectivity index (χ0) is 14.6. The number of aliphatic carboxylic acids is 2. The van der Waals surface area contributed by atoms with Gasteiger partial charge in [-0.1, -0.05) is 0 Å². The van der Waals surface area contributed by atoms with Crippen LogP contribution in [0.1, 0.15) is 26.7 Å². The minimum absolute atomic E-state index is 0.0850. The van der Waals surface area contributed by atoms with Gasteiger partial charge in [0, 0.05) is 12.6 Å². The fourth-order valence-electron chi connectivity index (χ4n) is 1.79. The van der Waals surface area contributed by atoms with Gasteiger partial charge in [0.25, 0.3) is 0 Å². The summed E-state index contributed by atoms with van der Waals surface area (Å²) in [6.45, 7) is 3.03. The second-order valence-electron chi connectivity index (χ2n) is 5.12. The maximum absolute atomic E-state index is 12.2. The Morgan fingerprint density at radius 1 is 1.11 bits per heavy atom. The monoisotopic (exact) mass is 272 g/mol. The summed E-state index contributed by atoms with van der Waals surface area (Å²) in [5.41, 5.74) is 0. The molecule has 108 valence electrons. The molecule has 0 aromatic rings. The van der Waals surface area contributed by atoms with Crippen LogP contribution in [0.2, 0.25) is 0 Å². The van der Waals surface area contributed by atoms with Crippen LogP contribution in [0.5, 0.6) is 0 Å². The van der Waals surface area contributed by atoms with Crippen LogP contribution in [0.3, 0.4) is 0 Å². The Balaban J connectivity index is 2.74. The molecular weight excluding hydrogens is 252 g/mol. The second kappa shape index (κ2) is 6.40. The van der Waals surface area contributed by atoms with Gasteiger partial charge in [-0.3, -0.25) is 9.59 Å². The molecule has 0 heterocycles. The van der Waals surface area contributed by atoms with Crippen molar-refractivity contribution in [3.05, 3.63) is 0 Å². The Bertz CT molecular complexity index is 349.